The quantitative estimate of drug-likeness (QED) is 0.819. The van der Waals surface area contributed by atoms with Crippen molar-refractivity contribution >= 4 is 21.6 Å². The summed E-state index contributed by atoms with van der Waals surface area (Å²) in [7, 11) is 0. The Morgan fingerprint density at radius 2 is 1.89 bits per heavy atom. The largest absolute Gasteiger partial charge is 0.373 e. The maximum atomic E-state index is 3.53. The predicted octanol–water partition coefficient (Wildman–Crippen LogP) is 4.22. The molecule has 0 aliphatic rings. The number of benzene rings is 2. The number of halogens is 1. The van der Waals surface area contributed by atoms with Gasteiger partial charge in [-0.15, -0.1) is 0 Å². The van der Waals surface area contributed by atoms with Crippen molar-refractivity contribution in [3.05, 3.63) is 64.1 Å². The van der Waals surface area contributed by atoms with E-state index in [4.69, 9.17) is 0 Å². The molecule has 0 unspecified atom stereocenters. The molecule has 2 aromatic carbocycles. The van der Waals surface area contributed by atoms with Crippen LogP contribution in [0.15, 0.2) is 53.0 Å². The van der Waals surface area contributed by atoms with Crippen molar-refractivity contribution in [2.75, 3.05) is 11.9 Å². The van der Waals surface area contributed by atoms with Gasteiger partial charge in [0, 0.05) is 15.7 Å². The minimum absolute atomic E-state index is 0.635. The Labute approximate surface area is 116 Å². The summed E-state index contributed by atoms with van der Waals surface area (Å²) >= 11 is 3.53. The third kappa shape index (κ3) is 3.65. The topological polar surface area (TPSA) is 12.0 Å². The van der Waals surface area contributed by atoms with Gasteiger partial charge in [0.1, 0.15) is 0 Å². The standard InChI is InChI=1S/C16H14BrN/c1-13-9-10-16(15(17)12-13)18-11-5-8-14-6-3-2-4-7-14/h2-4,6-7,9-10,12,18H,11H2,1H3. The Morgan fingerprint density at radius 3 is 2.61 bits per heavy atom. The molecule has 2 rings (SSSR count). The minimum Gasteiger partial charge on any atom is -0.373 e. The Kier molecular flexibility index (Phi) is 4.44. The summed E-state index contributed by atoms with van der Waals surface area (Å²) in [6, 6.07) is 16.2. The summed E-state index contributed by atoms with van der Waals surface area (Å²) < 4.78 is 1.07. The van der Waals surface area contributed by atoms with Gasteiger partial charge in [0.15, 0.2) is 0 Å². The van der Waals surface area contributed by atoms with Crippen LogP contribution in [0.5, 0.6) is 0 Å². The maximum absolute atomic E-state index is 3.53. The van der Waals surface area contributed by atoms with Crippen molar-refractivity contribution < 1.29 is 0 Å². The number of rotatable bonds is 2. The van der Waals surface area contributed by atoms with Crippen molar-refractivity contribution in [1.82, 2.24) is 0 Å². The predicted molar refractivity (Wildman–Crippen MR) is 80.7 cm³/mol. The minimum atomic E-state index is 0.635. The number of hydrogen-bond donors (Lipinski definition) is 1. The first-order valence-corrected chi connectivity index (χ1v) is 6.59. The molecule has 0 fully saturated rings. The summed E-state index contributed by atoms with van der Waals surface area (Å²) in [6.07, 6.45) is 0. The van der Waals surface area contributed by atoms with Crippen LogP contribution < -0.4 is 5.32 Å². The van der Waals surface area contributed by atoms with Crippen molar-refractivity contribution in [3.63, 3.8) is 0 Å². The lowest BCUT2D eigenvalue weighted by molar-refractivity contribution is 1.34. The highest BCUT2D eigenvalue weighted by molar-refractivity contribution is 9.10. The average molecular weight is 300 g/mol. The third-order valence-corrected chi connectivity index (χ3v) is 3.15. The van der Waals surface area contributed by atoms with Gasteiger partial charge in [-0.1, -0.05) is 36.1 Å². The molecule has 2 aromatic rings. The van der Waals surface area contributed by atoms with E-state index in [0.717, 1.165) is 15.7 Å². The molecule has 2 heteroatoms. The molecule has 0 aromatic heterocycles. The normalized spacial score (nSPS) is 9.44. The molecular weight excluding hydrogens is 286 g/mol. The van der Waals surface area contributed by atoms with Crippen LogP contribution in [0.25, 0.3) is 0 Å². The zero-order valence-corrected chi connectivity index (χ0v) is 11.8. The zero-order chi connectivity index (χ0) is 12.8. The molecule has 0 bridgehead atoms. The number of aryl methyl sites for hydroxylation is 1. The summed E-state index contributed by atoms with van der Waals surface area (Å²) in [6.45, 7) is 2.71. The first-order chi connectivity index (χ1) is 8.75. The number of anilines is 1. The van der Waals surface area contributed by atoms with Gasteiger partial charge < -0.3 is 5.32 Å². The molecular formula is C16H14BrN. The molecule has 0 atom stereocenters. The SMILES string of the molecule is Cc1ccc(NCC#Cc2ccccc2)c(Br)c1. The average Bonchev–Trinajstić information content (AvgIpc) is 2.38. The Bertz CT molecular complexity index is 579. The van der Waals surface area contributed by atoms with E-state index in [1.54, 1.807) is 0 Å². The van der Waals surface area contributed by atoms with Crippen molar-refractivity contribution in [2.24, 2.45) is 0 Å². The third-order valence-electron chi connectivity index (χ3n) is 2.50. The van der Waals surface area contributed by atoms with E-state index in [1.807, 2.05) is 30.3 Å². The van der Waals surface area contributed by atoms with E-state index >= 15 is 0 Å². The Morgan fingerprint density at radius 1 is 1.11 bits per heavy atom. The van der Waals surface area contributed by atoms with Gasteiger partial charge >= 0.3 is 0 Å². The van der Waals surface area contributed by atoms with Gasteiger partial charge in [-0.3, -0.25) is 0 Å². The zero-order valence-electron chi connectivity index (χ0n) is 10.2. The lowest BCUT2D eigenvalue weighted by Crippen LogP contribution is -1.99. The van der Waals surface area contributed by atoms with E-state index in [1.165, 1.54) is 5.56 Å². The van der Waals surface area contributed by atoms with Gasteiger partial charge in [0.05, 0.1) is 6.54 Å². The first kappa shape index (κ1) is 12.7. The van der Waals surface area contributed by atoms with Crippen LogP contribution in [-0.4, -0.2) is 6.54 Å². The van der Waals surface area contributed by atoms with Gasteiger partial charge in [0.2, 0.25) is 0 Å². The summed E-state index contributed by atoms with van der Waals surface area (Å²) in [5.74, 6) is 6.23. The van der Waals surface area contributed by atoms with E-state index < -0.39 is 0 Å². The van der Waals surface area contributed by atoms with Crippen molar-refractivity contribution in [1.29, 1.82) is 0 Å². The summed E-state index contributed by atoms with van der Waals surface area (Å²) in [4.78, 5) is 0. The fraction of sp³-hybridized carbons (Fsp3) is 0.125. The molecule has 90 valence electrons. The smallest absolute Gasteiger partial charge is 0.0770 e. The number of nitrogens with one attached hydrogen (secondary N) is 1. The van der Waals surface area contributed by atoms with Crippen LogP contribution >= 0.6 is 15.9 Å². The Hall–Kier alpha value is -1.72. The molecule has 0 amide bonds. The molecule has 1 N–H and O–H groups in total. The molecule has 0 heterocycles. The molecule has 0 aliphatic carbocycles. The highest BCUT2D eigenvalue weighted by Gasteiger charge is 1.97. The highest BCUT2D eigenvalue weighted by Crippen LogP contribution is 2.22. The van der Waals surface area contributed by atoms with Crippen LogP contribution in [0.1, 0.15) is 11.1 Å². The second-order valence-electron chi connectivity index (χ2n) is 4.00. The van der Waals surface area contributed by atoms with E-state index in [-0.39, 0.29) is 0 Å². The molecule has 0 saturated heterocycles. The van der Waals surface area contributed by atoms with E-state index in [0.29, 0.717) is 6.54 Å². The van der Waals surface area contributed by atoms with Gasteiger partial charge in [-0.2, -0.15) is 0 Å². The monoisotopic (exact) mass is 299 g/mol. The maximum Gasteiger partial charge on any atom is 0.0770 e. The van der Waals surface area contributed by atoms with Crippen LogP contribution in [0.4, 0.5) is 5.69 Å². The van der Waals surface area contributed by atoms with Crippen LogP contribution in [0.2, 0.25) is 0 Å². The molecule has 1 nitrogen and oxygen atoms in total. The van der Waals surface area contributed by atoms with E-state index in [2.05, 4.69) is 58.2 Å². The second kappa shape index (κ2) is 6.28. The van der Waals surface area contributed by atoms with Crippen molar-refractivity contribution in [3.8, 4) is 11.8 Å². The van der Waals surface area contributed by atoms with Gasteiger partial charge in [0.25, 0.3) is 0 Å². The summed E-state index contributed by atoms with van der Waals surface area (Å²) in [5, 5.41) is 3.29. The first-order valence-electron chi connectivity index (χ1n) is 5.79. The van der Waals surface area contributed by atoms with Gasteiger partial charge in [-0.25, -0.2) is 0 Å². The molecule has 0 spiro atoms. The van der Waals surface area contributed by atoms with Crippen LogP contribution in [-0.2, 0) is 0 Å². The van der Waals surface area contributed by atoms with E-state index in [9.17, 15) is 0 Å². The van der Waals surface area contributed by atoms with Crippen molar-refractivity contribution in [2.45, 2.75) is 6.92 Å². The van der Waals surface area contributed by atoms with Gasteiger partial charge in [-0.05, 0) is 52.7 Å². The van der Waals surface area contributed by atoms with Crippen LogP contribution in [0.3, 0.4) is 0 Å². The molecule has 0 saturated carbocycles. The van der Waals surface area contributed by atoms with Crippen LogP contribution in [0, 0.1) is 18.8 Å². The fourth-order valence-electron chi connectivity index (χ4n) is 1.57. The lowest BCUT2D eigenvalue weighted by atomic mass is 10.2. The number of hydrogen-bond acceptors (Lipinski definition) is 1. The second-order valence-corrected chi connectivity index (χ2v) is 4.86. The lowest BCUT2D eigenvalue weighted by Gasteiger charge is -2.05. The fourth-order valence-corrected chi connectivity index (χ4v) is 2.20. The molecule has 18 heavy (non-hydrogen) atoms. The molecule has 0 radical (unpaired) electrons. The highest BCUT2D eigenvalue weighted by atomic mass is 79.9. The molecule has 0 aliphatic heterocycles. The Balaban J connectivity index is 1.95. The summed E-state index contributed by atoms with van der Waals surface area (Å²) in [5.41, 5.74) is 3.35.